The molecule has 1 aliphatic heterocycles. The summed E-state index contributed by atoms with van der Waals surface area (Å²) >= 11 is 0. The number of rotatable bonds is 4. The lowest BCUT2D eigenvalue weighted by Gasteiger charge is -2.14. The number of nitrogens with one attached hydrogen (secondary N) is 1. The molecule has 0 aromatic heterocycles. The normalized spacial score (nSPS) is 14.2. The molecule has 4 heteroatoms. The third-order valence-electron chi connectivity index (χ3n) is 3.26. The molecule has 0 atom stereocenters. The topological polar surface area (TPSA) is 41.6 Å². The molecular weight excluding hydrogens is 252 g/mol. The molecule has 2 aromatic carbocycles. The van der Waals surface area contributed by atoms with E-state index in [4.69, 9.17) is 4.74 Å². The Morgan fingerprint density at radius 2 is 1.95 bits per heavy atom. The highest BCUT2D eigenvalue weighted by Gasteiger charge is 2.23. The fourth-order valence-corrected chi connectivity index (χ4v) is 2.21. The summed E-state index contributed by atoms with van der Waals surface area (Å²) in [7, 11) is 0. The number of hydrogen-bond donors (Lipinski definition) is 1. The van der Waals surface area contributed by atoms with Gasteiger partial charge in [-0.25, -0.2) is 4.79 Å². The van der Waals surface area contributed by atoms with Gasteiger partial charge in [0.05, 0.1) is 6.54 Å². The van der Waals surface area contributed by atoms with E-state index in [2.05, 4.69) is 17.4 Å². The number of carbonyl (C=O) groups excluding carboxylic acids is 1. The lowest BCUT2D eigenvalue weighted by molar-refractivity contribution is 0.181. The molecule has 0 unspecified atom stereocenters. The van der Waals surface area contributed by atoms with Gasteiger partial charge in [0, 0.05) is 17.9 Å². The maximum absolute atomic E-state index is 11.5. The van der Waals surface area contributed by atoms with Crippen LogP contribution in [0.3, 0.4) is 0 Å². The summed E-state index contributed by atoms with van der Waals surface area (Å²) in [6.45, 7) is 1.83. The first-order valence-electron chi connectivity index (χ1n) is 6.65. The van der Waals surface area contributed by atoms with E-state index in [1.165, 1.54) is 5.56 Å². The van der Waals surface area contributed by atoms with Crippen molar-refractivity contribution in [3.8, 4) is 0 Å². The lowest BCUT2D eigenvalue weighted by Crippen LogP contribution is -2.23. The highest BCUT2D eigenvalue weighted by molar-refractivity contribution is 5.89. The molecule has 0 spiro atoms. The molecule has 102 valence electrons. The highest BCUT2D eigenvalue weighted by Crippen LogP contribution is 2.22. The minimum atomic E-state index is -0.273. The average molecular weight is 268 g/mol. The van der Waals surface area contributed by atoms with Crippen LogP contribution in [0.4, 0.5) is 16.2 Å². The van der Waals surface area contributed by atoms with Gasteiger partial charge >= 0.3 is 6.09 Å². The van der Waals surface area contributed by atoms with Crippen molar-refractivity contribution in [3.63, 3.8) is 0 Å². The molecule has 0 bridgehead atoms. The van der Waals surface area contributed by atoms with Gasteiger partial charge in [0.25, 0.3) is 0 Å². The fraction of sp³-hybridized carbons (Fsp3) is 0.188. The number of carbonyl (C=O) groups is 1. The number of ether oxygens (including phenoxy) is 1. The van der Waals surface area contributed by atoms with Gasteiger partial charge < -0.3 is 10.1 Å². The maximum atomic E-state index is 11.5. The second kappa shape index (κ2) is 5.65. The average Bonchev–Trinajstić information content (AvgIpc) is 2.93. The third kappa shape index (κ3) is 2.74. The van der Waals surface area contributed by atoms with Crippen LogP contribution in [0, 0.1) is 0 Å². The van der Waals surface area contributed by atoms with Gasteiger partial charge in [0.15, 0.2) is 0 Å². The van der Waals surface area contributed by atoms with Crippen LogP contribution < -0.4 is 10.2 Å². The molecule has 1 saturated heterocycles. The number of benzene rings is 2. The summed E-state index contributed by atoms with van der Waals surface area (Å²) < 4.78 is 4.96. The Kier molecular flexibility index (Phi) is 3.54. The molecule has 4 nitrogen and oxygen atoms in total. The van der Waals surface area contributed by atoms with Crippen molar-refractivity contribution >= 4 is 17.5 Å². The minimum absolute atomic E-state index is 0.273. The SMILES string of the molecule is O=C1OCCN1c1cccc(NCc2ccccc2)c1. The molecule has 1 N–H and O–H groups in total. The van der Waals surface area contributed by atoms with Crippen LogP contribution in [0.2, 0.25) is 0 Å². The Balaban J connectivity index is 1.70. The Morgan fingerprint density at radius 3 is 2.70 bits per heavy atom. The first-order valence-corrected chi connectivity index (χ1v) is 6.65. The number of amides is 1. The van der Waals surface area contributed by atoms with Crippen molar-refractivity contribution in [3.05, 3.63) is 60.2 Å². The quantitative estimate of drug-likeness (QED) is 0.925. The summed E-state index contributed by atoms with van der Waals surface area (Å²) in [5, 5.41) is 3.36. The van der Waals surface area contributed by atoms with Gasteiger partial charge in [0.2, 0.25) is 0 Å². The van der Waals surface area contributed by atoms with Crippen molar-refractivity contribution in [2.75, 3.05) is 23.4 Å². The van der Waals surface area contributed by atoms with E-state index in [9.17, 15) is 4.79 Å². The molecule has 1 fully saturated rings. The van der Waals surface area contributed by atoms with E-state index < -0.39 is 0 Å². The standard InChI is InChI=1S/C16H16N2O2/c19-16-18(9-10-20-16)15-8-4-7-14(11-15)17-12-13-5-2-1-3-6-13/h1-8,11,17H,9-10,12H2. The molecule has 3 rings (SSSR count). The molecule has 1 amide bonds. The molecular formula is C16H16N2O2. The minimum Gasteiger partial charge on any atom is -0.447 e. The number of cyclic esters (lactones) is 1. The van der Waals surface area contributed by atoms with E-state index in [0.29, 0.717) is 13.2 Å². The van der Waals surface area contributed by atoms with Gasteiger partial charge in [-0.1, -0.05) is 36.4 Å². The van der Waals surface area contributed by atoms with E-state index >= 15 is 0 Å². The van der Waals surface area contributed by atoms with Gasteiger partial charge in [-0.05, 0) is 23.8 Å². The van der Waals surface area contributed by atoms with Crippen LogP contribution in [-0.4, -0.2) is 19.2 Å². The van der Waals surface area contributed by atoms with Crippen LogP contribution in [0.15, 0.2) is 54.6 Å². The molecule has 1 aliphatic rings. The van der Waals surface area contributed by atoms with Gasteiger partial charge in [-0.3, -0.25) is 4.90 Å². The molecule has 20 heavy (non-hydrogen) atoms. The van der Waals surface area contributed by atoms with E-state index in [0.717, 1.165) is 17.9 Å². The molecule has 1 heterocycles. The first-order chi connectivity index (χ1) is 9.83. The van der Waals surface area contributed by atoms with Crippen LogP contribution in [0.1, 0.15) is 5.56 Å². The zero-order chi connectivity index (χ0) is 13.8. The summed E-state index contributed by atoms with van der Waals surface area (Å²) in [6.07, 6.45) is -0.273. The largest absolute Gasteiger partial charge is 0.447 e. The second-order valence-electron chi connectivity index (χ2n) is 4.66. The van der Waals surface area contributed by atoms with Crippen molar-refractivity contribution in [2.45, 2.75) is 6.54 Å². The predicted molar refractivity (Wildman–Crippen MR) is 78.9 cm³/mol. The first kappa shape index (κ1) is 12.5. The van der Waals surface area contributed by atoms with Crippen molar-refractivity contribution in [2.24, 2.45) is 0 Å². The Labute approximate surface area is 118 Å². The summed E-state index contributed by atoms with van der Waals surface area (Å²) in [4.78, 5) is 13.2. The number of anilines is 2. The van der Waals surface area contributed by atoms with Crippen LogP contribution in [-0.2, 0) is 11.3 Å². The van der Waals surface area contributed by atoms with Crippen LogP contribution in [0.5, 0.6) is 0 Å². The second-order valence-corrected chi connectivity index (χ2v) is 4.66. The van der Waals surface area contributed by atoms with E-state index in [1.807, 2.05) is 42.5 Å². The van der Waals surface area contributed by atoms with E-state index in [1.54, 1.807) is 4.90 Å². The smallest absolute Gasteiger partial charge is 0.414 e. The Bertz CT molecular complexity index is 598. The maximum Gasteiger partial charge on any atom is 0.414 e. The molecule has 2 aromatic rings. The van der Waals surface area contributed by atoms with Crippen LogP contribution >= 0.6 is 0 Å². The van der Waals surface area contributed by atoms with Gasteiger partial charge in [-0.2, -0.15) is 0 Å². The molecule has 0 saturated carbocycles. The number of hydrogen-bond acceptors (Lipinski definition) is 3. The zero-order valence-corrected chi connectivity index (χ0v) is 11.1. The van der Waals surface area contributed by atoms with Crippen molar-refractivity contribution in [1.29, 1.82) is 0 Å². The van der Waals surface area contributed by atoms with Crippen molar-refractivity contribution in [1.82, 2.24) is 0 Å². The van der Waals surface area contributed by atoms with E-state index in [-0.39, 0.29) is 6.09 Å². The van der Waals surface area contributed by atoms with Gasteiger partial charge in [0.1, 0.15) is 6.61 Å². The Morgan fingerprint density at radius 1 is 1.10 bits per heavy atom. The summed E-state index contributed by atoms with van der Waals surface area (Å²) in [5.74, 6) is 0. The van der Waals surface area contributed by atoms with Crippen molar-refractivity contribution < 1.29 is 9.53 Å². The summed E-state index contributed by atoms with van der Waals surface area (Å²) in [5.41, 5.74) is 3.08. The molecule has 0 aliphatic carbocycles. The highest BCUT2D eigenvalue weighted by atomic mass is 16.6. The Hall–Kier alpha value is -2.49. The van der Waals surface area contributed by atoms with Crippen LogP contribution in [0.25, 0.3) is 0 Å². The number of nitrogens with zero attached hydrogens (tertiary/aromatic N) is 1. The predicted octanol–water partition coefficient (Wildman–Crippen LogP) is 3.26. The zero-order valence-electron chi connectivity index (χ0n) is 11.1. The lowest BCUT2D eigenvalue weighted by atomic mass is 10.2. The van der Waals surface area contributed by atoms with Gasteiger partial charge in [-0.15, -0.1) is 0 Å². The molecule has 0 radical (unpaired) electrons. The summed E-state index contributed by atoms with van der Waals surface area (Å²) in [6, 6.07) is 18.0. The fourth-order valence-electron chi connectivity index (χ4n) is 2.21. The monoisotopic (exact) mass is 268 g/mol. The third-order valence-corrected chi connectivity index (χ3v) is 3.26.